The van der Waals surface area contributed by atoms with Gasteiger partial charge in [0.05, 0.1) is 6.33 Å². The smallest absolute Gasteiger partial charge is 0.0948 e. The Labute approximate surface area is 72.6 Å². The van der Waals surface area contributed by atoms with Crippen LogP contribution in [0.25, 0.3) is 0 Å². The molecular formula is C9H15N3. The Morgan fingerprint density at radius 1 is 1.75 bits per heavy atom. The van der Waals surface area contributed by atoms with E-state index in [1.54, 1.807) is 0 Å². The van der Waals surface area contributed by atoms with Gasteiger partial charge in [0.1, 0.15) is 0 Å². The minimum Gasteiger partial charge on any atom is -0.335 e. The molecule has 2 rings (SSSR count). The first-order chi connectivity index (χ1) is 5.86. The first-order valence-corrected chi connectivity index (χ1v) is 4.57. The van der Waals surface area contributed by atoms with Crippen molar-refractivity contribution in [2.45, 2.75) is 25.8 Å². The number of aromatic nitrogens is 2. The van der Waals surface area contributed by atoms with Crippen molar-refractivity contribution in [2.75, 3.05) is 6.54 Å². The zero-order chi connectivity index (χ0) is 8.55. The first kappa shape index (κ1) is 7.80. The molecule has 1 aromatic heterocycles. The molecule has 0 aliphatic heterocycles. The third-order valence-corrected chi connectivity index (χ3v) is 2.69. The highest BCUT2D eigenvalue weighted by atomic mass is 15.0. The molecule has 3 heteroatoms. The highest BCUT2D eigenvalue weighted by molar-refractivity contribution is 5.16. The molecule has 66 valence electrons. The molecule has 1 fully saturated rings. The summed E-state index contributed by atoms with van der Waals surface area (Å²) in [6.45, 7) is 3.98. The maximum Gasteiger partial charge on any atom is 0.0948 e. The van der Waals surface area contributed by atoms with Gasteiger partial charge in [-0.1, -0.05) is 0 Å². The monoisotopic (exact) mass is 165 g/mol. The first-order valence-electron chi connectivity index (χ1n) is 4.57. The third-order valence-electron chi connectivity index (χ3n) is 2.69. The summed E-state index contributed by atoms with van der Waals surface area (Å²) in [6, 6.07) is 0. The summed E-state index contributed by atoms with van der Waals surface area (Å²) in [5.41, 5.74) is 6.96. The molecule has 3 nitrogen and oxygen atoms in total. The molecule has 1 aliphatic carbocycles. The van der Waals surface area contributed by atoms with Crippen molar-refractivity contribution in [1.29, 1.82) is 0 Å². The van der Waals surface area contributed by atoms with Crippen LogP contribution in [0.2, 0.25) is 0 Å². The highest BCUT2D eigenvalue weighted by Crippen LogP contribution is 2.46. The number of aryl methyl sites for hydroxylation is 1. The van der Waals surface area contributed by atoms with Crippen LogP contribution in [0.1, 0.15) is 25.0 Å². The SMILES string of the molecule is CCn1cncc1C1CC1CN. The summed E-state index contributed by atoms with van der Waals surface area (Å²) >= 11 is 0. The van der Waals surface area contributed by atoms with E-state index in [-0.39, 0.29) is 0 Å². The lowest BCUT2D eigenvalue weighted by Gasteiger charge is -2.02. The van der Waals surface area contributed by atoms with E-state index in [2.05, 4.69) is 16.5 Å². The topological polar surface area (TPSA) is 43.8 Å². The van der Waals surface area contributed by atoms with Crippen molar-refractivity contribution >= 4 is 0 Å². The fourth-order valence-corrected chi connectivity index (χ4v) is 1.77. The van der Waals surface area contributed by atoms with Gasteiger partial charge in [-0.2, -0.15) is 0 Å². The standard InChI is InChI=1S/C9H15N3/c1-2-12-6-11-5-9(12)8-3-7(8)4-10/h5-8H,2-4,10H2,1H3. The summed E-state index contributed by atoms with van der Waals surface area (Å²) in [5, 5.41) is 0. The molecule has 12 heavy (non-hydrogen) atoms. The molecule has 2 unspecified atom stereocenters. The maximum absolute atomic E-state index is 5.59. The third kappa shape index (κ3) is 1.14. The van der Waals surface area contributed by atoms with Crippen LogP contribution in [0.15, 0.2) is 12.5 Å². The average Bonchev–Trinajstić information content (AvgIpc) is 2.74. The fraction of sp³-hybridized carbons (Fsp3) is 0.667. The molecule has 0 radical (unpaired) electrons. The van der Waals surface area contributed by atoms with Crippen molar-refractivity contribution < 1.29 is 0 Å². The predicted octanol–water partition coefficient (Wildman–Crippen LogP) is 0.965. The van der Waals surface area contributed by atoms with Gasteiger partial charge >= 0.3 is 0 Å². The highest BCUT2D eigenvalue weighted by Gasteiger charge is 2.38. The van der Waals surface area contributed by atoms with Crippen LogP contribution in [0.5, 0.6) is 0 Å². The Balaban J connectivity index is 2.13. The number of hydrogen-bond acceptors (Lipinski definition) is 2. The number of nitrogens with zero attached hydrogens (tertiary/aromatic N) is 2. The van der Waals surface area contributed by atoms with E-state index in [0.29, 0.717) is 11.8 Å². The molecule has 1 aliphatic rings. The van der Waals surface area contributed by atoms with Crippen LogP contribution < -0.4 is 5.73 Å². The Hall–Kier alpha value is -0.830. The van der Waals surface area contributed by atoms with Crippen molar-refractivity contribution in [3.8, 4) is 0 Å². The lowest BCUT2D eigenvalue weighted by atomic mass is 10.2. The fourth-order valence-electron chi connectivity index (χ4n) is 1.77. The van der Waals surface area contributed by atoms with Gasteiger partial charge in [0, 0.05) is 24.4 Å². The molecular weight excluding hydrogens is 150 g/mol. The van der Waals surface area contributed by atoms with Gasteiger partial charge in [-0.25, -0.2) is 4.98 Å². The second-order valence-electron chi connectivity index (χ2n) is 3.44. The van der Waals surface area contributed by atoms with Crippen LogP contribution in [0, 0.1) is 5.92 Å². The van der Waals surface area contributed by atoms with Gasteiger partial charge in [0.25, 0.3) is 0 Å². The van der Waals surface area contributed by atoms with Gasteiger partial charge in [0.2, 0.25) is 0 Å². The molecule has 0 saturated heterocycles. The van der Waals surface area contributed by atoms with Crippen LogP contribution in [0.4, 0.5) is 0 Å². The van der Waals surface area contributed by atoms with Crippen LogP contribution in [0.3, 0.4) is 0 Å². The molecule has 2 atom stereocenters. The second-order valence-corrected chi connectivity index (χ2v) is 3.44. The van der Waals surface area contributed by atoms with Crippen molar-refractivity contribution in [1.82, 2.24) is 9.55 Å². The summed E-state index contributed by atoms with van der Waals surface area (Å²) in [6.07, 6.45) is 5.13. The Morgan fingerprint density at radius 3 is 3.17 bits per heavy atom. The number of imidazole rings is 1. The van der Waals surface area contributed by atoms with E-state index in [0.717, 1.165) is 13.1 Å². The lowest BCUT2D eigenvalue weighted by Crippen LogP contribution is -2.04. The lowest BCUT2D eigenvalue weighted by molar-refractivity contribution is 0.691. The largest absolute Gasteiger partial charge is 0.335 e. The predicted molar refractivity (Wildman–Crippen MR) is 47.8 cm³/mol. The quantitative estimate of drug-likeness (QED) is 0.725. The number of nitrogens with two attached hydrogens (primary N) is 1. The zero-order valence-corrected chi connectivity index (χ0v) is 7.40. The van der Waals surface area contributed by atoms with E-state index in [1.165, 1.54) is 12.1 Å². The zero-order valence-electron chi connectivity index (χ0n) is 7.40. The summed E-state index contributed by atoms with van der Waals surface area (Å²) in [4.78, 5) is 4.15. The van der Waals surface area contributed by atoms with Crippen LogP contribution in [-0.4, -0.2) is 16.1 Å². The van der Waals surface area contributed by atoms with Gasteiger partial charge in [-0.15, -0.1) is 0 Å². The Bertz CT molecular complexity index is 266. The van der Waals surface area contributed by atoms with E-state index < -0.39 is 0 Å². The van der Waals surface area contributed by atoms with Gasteiger partial charge < -0.3 is 10.3 Å². The molecule has 1 aromatic rings. The summed E-state index contributed by atoms with van der Waals surface area (Å²) < 4.78 is 2.21. The number of hydrogen-bond donors (Lipinski definition) is 1. The van der Waals surface area contributed by atoms with E-state index >= 15 is 0 Å². The molecule has 0 bridgehead atoms. The Morgan fingerprint density at radius 2 is 2.58 bits per heavy atom. The van der Waals surface area contributed by atoms with Gasteiger partial charge in [-0.05, 0) is 25.8 Å². The van der Waals surface area contributed by atoms with Crippen molar-refractivity contribution in [2.24, 2.45) is 11.7 Å². The maximum atomic E-state index is 5.59. The minimum absolute atomic E-state index is 0.692. The van der Waals surface area contributed by atoms with Gasteiger partial charge in [0.15, 0.2) is 0 Å². The molecule has 0 amide bonds. The molecule has 0 spiro atoms. The van der Waals surface area contributed by atoms with E-state index in [9.17, 15) is 0 Å². The van der Waals surface area contributed by atoms with E-state index in [4.69, 9.17) is 5.73 Å². The number of rotatable bonds is 3. The molecule has 2 N–H and O–H groups in total. The normalized spacial score (nSPS) is 27.5. The summed E-state index contributed by atoms with van der Waals surface area (Å²) in [5.74, 6) is 1.41. The molecule has 0 aromatic carbocycles. The summed E-state index contributed by atoms with van der Waals surface area (Å²) in [7, 11) is 0. The minimum atomic E-state index is 0.692. The van der Waals surface area contributed by atoms with Crippen molar-refractivity contribution in [3.63, 3.8) is 0 Å². The van der Waals surface area contributed by atoms with E-state index in [1.807, 2.05) is 12.5 Å². The van der Waals surface area contributed by atoms with Crippen LogP contribution in [-0.2, 0) is 6.54 Å². The molecule has 1 heterocycles. The Kier molecular flexibility index (Phi) is 1.89. The average molecular weight is 165 g/mol. The van der Waals surface area contributed by atoms with Crippen molar-refractivity contribution in [3.05, 3.63) is 18.2 Å². The second kappa shape index (κ2) is 2.90. The van der Waals surface area contributed by atoms with Crippen LogP contribution >= 0.6 is 0 Å². The molecule has 1 saturated carbocycles. The van der Waals surface area contributed by atoms with Gasteiger partial charge in [-0.3, -0.25) is 0 Å².